The first-order chi connectivity index (χ1) is 13.0. The van der Waals surface area contributed by atoms with Gasteiger partial charge in [0.05, 0.1) is 17.2 Å². The number of nitrogens with zero attached hydrogens (tertiary/aromatic N) is 2. The second-order valence-corrected chi connectivity index (χ2v) is 6.49. The number of benzene rings is 2. The maximum absolute atomic E-state index is 14.3. The number of carbonyl (C=O) groups is 1. The zero-order valence-electron chi connectivity index (χ0n) is 14.0. The molecule has 3 aromatic rings. The summed E-state index contributed by atoms with van der Waals surface area (Å²) in [5.74, 6) is -1.23. The van der Waals surface area contributed by atoms with Gasteiger partial charge in [-0.25, -0.2) is 18.6 Å². The van der Waals surface area contributed by atoms with E-state index in [1.165, 1.54) is 30.3 Å². The van der Waals surface area contributed by atoms with E-state index < -0.39 is 29.3 Å². The van der Waals surface area contributed by atoms with Gasteiger partial charge in [0.15, 0.2) is 0 Å². The van der Waals surface area contributed by atoms with Crippen molar-refractivity contribution in [2.24, 2.45) is 5.92 Å². The van der Waals surface area contributed by atoms with Crippen LogP contribution >= 0.6 is 0 Å². The number of fused-ring (bicyclic) bond motifs is 1. The molecule has 0 spiro atoms. The minimum atomic E-state index is -1.26. The van der Waals surface area contributed by atoms with Gasteiger partial charge in [-0.05, 0) is 49.1 Å². The second kappa shape index (κ2) is 6.46. The Bertz CT molecular complexity index is 1110. The van der Waals surface area contributed by atoms with Crippen LogP contribution in [0.3, 0.4) is 0 Å². The van der Waals surface area contributed by atoms with Crippen molar-refractivity contribution >= 4 is 17.0 Å². The van der Waals surface area contributed by atoms with Crippen LogP contribution in [0.5, 0.6) is 0 Å². The monoisotopic (exact) mass is 371 g/mol. The van der Waals surface area contributed by atoms with E-state index in [1.54, 1.807) is 0 Å². The van der Waals surface area contributed by atoms with Crippen molar-refractivity contribution in [2.75, 3.05) is 0 Å². The predicted octanol–water partition coefficient (Wildman–Crippen LogP) is 3.38. The fourth-order valence-corrected chi connectivity index (χ4v) is 3.24. The SMILES string of the molecule is O=C(O)NC(c1nc2cccc(F)c2c(=O)n1-c1cccc(F)c1)C1CC1. The molecule has 0 bridgehead atoms. The fourth-order valence-electron chi connectivity index (χ4n) is 3.24. The number of halogens is 2. The molecule has 27 heavy (non-hydrogen) atoms. The van der Waals surface area contributed by atoms with Gasteiger partial charge in [-0.15, -0.1) is 0 Å². The second-order valence-electron chi connectivity index (χ2n) is 6.49. The molecule has 2 aromatic carbocycles. The van der Waals surface area contributed by atoms with Crippen molar-refractivity contribution in [1.82, 2.24) is 14.9 Å². The summed E-state index contributed by atoms with van der Waals surface area (Å²) in [7, 11) is 0. The lowest BCUT2D eigenvalue weighted by molar-refractivity contribution is 0.187. The highest BCUT2D eigenvalue weighted by atomic mass is 19.1. The lowest BCUT2D eigenvalue weighted by Crippen LogP contribution is -2.35. The third kappa shape index (κ3) is 3.14. The van der Waals surface area contributed by atoms with E-state index in [-0.39, 0.29) is 28.3 Å². The van der Waals surface area contributed by atoms with E-state index in [0.717, 1.165) is 29.5 Å². The van der Waals surface area contributed by atoms with Crippen LogP contribution in [0.25, 0.3) is 16.6 Å². The summed E-state index contributed by atoms with van der Waals surface area (Å²) in [6.07, 6.45) is 0.280. The molecule has 1 saturated carbocycles. The highest BCUT2D eigenvalue weighted by Crippen LogP contribution is 2.41. The summed E-state index contributed by atoms with van der Waals surface area (Å²) in [5, 5.41) is 11.4. The number of rotatable bonds is 4. The van der Waals surface area contributed by atoms with Crippen molar-refractivity contribution in [3.05, 3.63) is 70.3 Å². The molecule has 1 unspecified atom stereocenters. The van der Waals surface area contributed by atoms with Crippen LogP contribution in [0.4, 0.5) is 13.6 Å². The standard InChI is InChI=1S/C19H15F2N3O3/c20-11-3-1-4-12(9-11)24-17(16(10-7-8-10)23-19(26)27)22-14-6-2-5-13(21)15(14)18(24)25/h1-6,9-10,16,23H,7-8H2,(H,26,27). The Morgan fingerprint density at radius 2 is 1.96 bits per heavy atom. The highest BCUT2D eigenvalue weighted by molar-refractivity contribution is 5.78. The fraction of sp³-hybridized carbons (Fsp3) is 0.211. The van der Waals surface area contributed by atoms with Crippen LogP contribution in [0.15, 0.2) is 47.3 Å². The molecule has 0 saturated heterocycles. The molecule has 4 rings (SSSR count). The van der Waals surface area contributed by atoms with Crippen LogP contribution in [0.2, 0.25) is 0 Å². The van der Waals surface area contributed by atoms with E-state index in [9.17, 15) is 23.5 Å². The maximum atomic E-state index is 14.3. The molecule has 1 amide bonds. The summed E-state index contributed by atoms with van der Waals surface area (Å²) in [4.78, 5) is 28.8. The number of carboxylic acid groups (broad SMARTS) is 1. The summed E-state index contributed by atoms with van der Waals surface area (Å²) >= 11 is 0. The van der Waals surface area contributed by atoms with Gasteiger partial charge >= 0.3 is 6.09 Å². The maximum Gasteiger partial charge on any atom is 0.405 e. The quantitative estimate of drug-likeness (QED) is 0.736. The smallest absolute Gasteiger partial charge is 0.405 e. The number of amides is 1. The third-order valence-corrected chi connectivity index (χ3v) is 4.59. The molecule has 0 aliphatic heterocycles. The van der Waals surface area contributed by atoms with Crippen LogP contribution < -0.4 is 10.9 Å². The highest BCUT2D eigenvalue weighted by Gasteiger charge is 2.37. The van der Waals surface area contributed by atoms with E-state index >= 15 is 0 Å². The molecule has 6 nitrogen and oxygen atoms in total. The largest absolute Gasteiger partial charge is 0.465 e. The van der Waals surface area contributed by atoms with E-state index in [4.69, 9.17) is 0 Å². The molecule has 2 N–H and O–H groups in total. The Morgan fingerprint density at radius 1 is 1.22 bits per heavy atom. The van der Waals surface area contributed by atoms with Gasteiger partial charge in [-0.2, -0.15) is 0 Å². The van der Waals surface area contributed by atoms with Crippen LogP contribution in [-0.4, -0.2) is 20.8 Å². The lowest BCUT2D eigenvalue weighted by atomic mass is 10.1. The zero-order chi connectivity index (χ0) is 19.1. The summed E-state index contributed by atoms with van der Waals surface area (Å²) in [6.45, 7) is 0. The van der Waals surface area contributed by atoms with Gasteiger partial charge in [0.1, 0.15) is 22.8 Å². The van der Waals surface area contributed by atoms with Crippen molar-refractivity contribution in [2.45, 2.75) is 18.9 Å². The number of aromatic nitrogens is 2. The van der Waals surface area contributed by atoms with Gasteiger partial charge in [-0.1, -0.05) is 12.1 Å². The topological polar surface area (TPSA) is 84.2 Å². The number of nitrogens with one attached hydrogen (secondary N) is 1. The average molecular weight is 371 g/mol. The molecule has 1 fully saturated rings. The van der Waals surface area contributed by atoms with E-state index in [0.29, 0.717) is 0 Å². The van der Waals surface area contributed by atoms with Crippen molar-refractivity contribution < 1.29 is 18.7 Å². The van der Waals surface area contributed by atoms with Crippen LogP contribution in [0, 0.1) is 17.6 Å². The first kappa shape index (κ1) is 17.1. The molecule has 1 heterocycles. The number of hydrogen-bond acceptors (Lipinski definition) is 3. The minimum Gasteiger partial charge on any atom is -0.465 e. The molecule has 8 heteroatoms. The van der Waals surface area contributed by atoms with Gasteiger partial charge in [-0.3, -0.25) is 9.36 Å². The molecular formula is C19H15F2N3O3. The molecule has 1 aromatic heterocycles. The van der Waals surface area contributed by atoms with Gasteiger partial charge in [0.25, 0.3) is 5.56 Å². The van der Waals surface area contributed by atoms with Crippen LogP contribution in [0.1, 0.15) is 24.7 Å². The Hall–Kier alpha value is -3.29. The minimum absolute atomic E-state index is 0.0289. The molecular weight excluding hydrogens is 356 g/mol. The van der Waals surface area contributed by atoms with E-state index in [1.807, 2.05) is 0 Å². The molecule has 1 aliphatic carbocycles. The van der Waals surface area contributed by atoms with E-state index in [2.05, 4.69) is 10.3 Å². The summed E-state index contributed by atoms with van der Waals surface area (Å²) in [6, 6.07) is 8.57. The van der Waals surface area contributed by atoms with Gasteiger partial charge < -0.3 is 10.4 Å². The summed E-state index contributed by atoms with van der Waals surface area (Å²) in [5.41, 5.74) is -0.428. The normalized spacial score (nSPS) is 14.9. The lowest BCUT2D eigenvalue weighted by Gasteiger charge is -2.21. The Kier molecular flexibility index (Phi) is 4.10. The molecule has 1 atom stereocenters. The Balaban J connectivity index is 2.05. The molecule has 138 valence electrons. The first-order valence-corrected chi connectivity index (χ1v) is 8.42. The molecule has 0 radical (unpaired) electrons. The third-order valence-electron chi connectivity index (χ3n) is 4.59. The zero-order valence-corrected chi connectivity index (χ0v) is 14.0. The van der Waals surface area contributed by atoms with Crippen molar-refractivity contribution in [1.29, 1.82) is 0 Å². The van der Waals surface area contributed by atoms with Crippen LogP contribution in [-0.2, 0) is 0 Å². The average Bonchev–Trinajstić information content (AvgIpc) is 3.44. The van der Waals surface area contributed by atoms with Crippen molar-refractivity contribution in [3.8, 4) is 5.69 Å². The summed E-state index contributed by atoms with van der Waals surface area (Å²) < 4.78 is 29.2. The van der Waals surface area contributed by atoms with Gasteiger partial charge in [0.2, 0.25) is 0 Å². The predicted molar refractivity (Wildman–Crippen MR) is 93.9 cm³/mol. The molecule has 1 aliphatic rings. The van der Waals surface area contributed by atoms with Gasteiger partial charge in [0, 0.05) is 0 Å². The Labute approximate surface area is 152 Å². The first-order valence-electron chi connectivity index (χ1n) is 8.42. The van der Waals surface area contributed by atoms with Crippen molar-refractivity contribution in [3.63, 3.8) is 0 Å². The Morgan fingerprint density at radius 3 is 2.63 bits per heavy atom. The number of hydrogen-bond donors (Lipinski definition) is 2.